The Balaban J connectivity index is 1.29. The van der Waals surface area contributed by atoms with E-state index >= 15 is 0 Å². The smallest absolute Gasteiger partial charge is 0.227 e. The maximum atomic E-state index is 13.0. The molecule has 0 saturated carbocycles. The Labute approximate surface area is 212 Å². The first-order valence-electron chi connectivity index (χ1n) is 12.6. The molecular weight excluding hydrogens is 450 g/mol. The number of nitrogens with zero attached hydrogens (tertiary/aromatic N) is 3. The second-order valence-electron chi connectivity index (χ2n) is 9.54. The van der Waals surface area contributed by atoms with Crippen molar-refractivity contribution in [3.63, 3.8) is 0 Å². The molecule has 1 saturated heterocycles. The molecule has 1 amide bonds. The van der Waals surface area contributed by atoms with Crippen molar-refractivity contribution < 1.29 is 14.3 Å². The topological polar surface area (TPSA) is 56.6 Å². The number of anilines is 1. The molecule has 1 fully saturated rings. The fourth-order valence-electron chi connectivity index (χ4n) is 4.95. The number of ether oxygens (including phenoxy) is 2. The average molecular weight is 484 g/mol. The molecule has 1 atom stereocenters. The van der Waals surface area contributed by atoms with Crippen LogP contribution in [-0.4, -0.2) is 35.7 Å². The summed E-state index contributed by atoms with van der Waals surface area (Å²) >= 11 is 0. The molecule has 6 nitrogen and oxygen atoms in total. The minimum absolute atomic E-state index is 0.0539. The van der Waals surface area contributed by atoms with Crippen molar-refractivity contribution >= 4 is 22.6 Å². The fourth-order valence-corrected chi connectivity index (χ4v) is 4.95. The number of aromatic nitrogens is 2. The molecule has 1 aliphatic rings. The van der Waals surface area contributed by atoms with Gasteiger partial charge < -0.3 is 18.9 Å². The predicted octanol–water partition coefficient (Wildman–Crippen LogP) is 6.04. The third-order valence-electron chi connectivity index (χ3n) is 6.94. The number of amides is 1. The highest BCUT2D eigenvalue weighted by atomic mass is 16.5. The number of imidazole rings is 1. The molecule has 0 N–H and O–H groups in total. The number of benzene rings is 3. The molecule has 0 spiro atoms. The first kappa shape index (κ1) is 23.9. The van der Waals surface area contributed by atoms with Crippen LogP contribution in [-0.2, 0) is 11.3 Å². The van der Waals surface area contributed by atoms with E-state index in [2.05, 4.69) is 54.8 Å². The van der Waals surface area contributed by atoms with Crippen LogP contribution >= 0.6 is 0 Å². The number of methoxy groups -OCH3 is 1. The van der Waals surface area contributed by atoms with Crippen molar-refractivity contribution in [3.05, 3.63) is 83.7 Å². The number of carbonyl (C=O) groups excluding carboxylic acids is 1. The van der Waals surface area contributed by atoms with Gasteiger partial charge in [-0.25, -0.2) is 4.98 Å². The van der Waals surface area contributed by atoms with E-state index in [4.69, 9.17) is 14.5 Å². The number of unbranched alkanes of at least 4 members (excludes halogenated alkanes) is 1. The summed E-state index contributed by atoms with van der Waals surface area (Å²) < 4.78 is 13.6. The monoisotopic (exact) mass is 483 g/mol. The Bertz CT molecular complexity index is 1360. The fraction of sp³-hybridized carbons (Fsp3) is 0.333. The van der Waals surface area contributed by atoms with Crippen molar-refractivity contribution in [2.75, 3.05) is 25.2 Å². The van der Waals surface area contributed by atoms with Gasteiger partial charge in [0.1, 0.15) is 17.3 Å². The lowest BCUT2D eigenvalue weighted by atomic mass is 10.1. The number of carbonyl (C=O) groups is 1. The first-order valence-corrected chi connectivity index (χ1v) is 12.6. The van der Waals surface area contributed by atoms with Gasteiger partial charge >= 0.3 is 0 Å². The van der Waals surface area contributed by atoms with Gasteiger partial charge in [-0.2, -0.15) is 0 Å². The summed E-state index contributed by atoms with van der Waals surface area (Å²) in [6, 6.07) is 22.2. The third-order valence-corrected chi connectivity index (χ3v) is 6.94. The first-order chi connectivity index (χ1) is 17.5. The summed E-state index contributed by atoms with van der Waals surface area (Å²) in [5, 5.41) is 0. The van der Waals surface area contributed by atoms with Crippen LogP contribution in [0.1, 0.15) is 42.1 Å². The molecule has 4 aromatic rings. The van der Waals surface area contributed by atoms with Crippen molar-refractivity contribution in [2.24, 2.45) is 0 Å². The summed E-state index contributed by atoms with van der Waals surface area (Å²) in [7, 11) is 1.65. The molecule has 0 bridgehead atoms. The molecule has 0 aliphatic carbocycles. The number of rotatable bonds is 9. The third kappa shape index (κ3) is 4.94. The van der Waals surface area contributed by atoms with Gasteiger partial charge in [0.05, 0.1) is 24.8 Å². The molecule has 3 aromatic carbocycles. The number of para-hydroxylation sites is 2. The van der Waals surface area contributed by atoms with Crippen molar-refractivity contribution in [3.8, 4) is 11.5 Å². The lowest BCUT2D eigenvalue weighted by molar-refractivity contribution is -0.117. The van der Waals surface area contributed by atoms with Crippen LogP contribution in [0.3, 0.4) is 0 Å². The van der Waals surface area contributed by atoms with Gasteiger partial charge in [0.15, 0.2) is 0 Å². The van der Waals surface area contributed by atoms with Gasteiger partial charge in [0.25, 0.3) is 0 Å². The standard InChI is InChI=1S/C30H33N3O3/c1-21-10-11-22(2)28(18-21)36-17-7-6-16-32-27-9-5-4-8-26(27)31-30(32)23-19-29(34)33(20-23)24-12-14-25(35-3)15-13-24/h4-5,8-15,18,23H,6-7,16-17,19-20H2,1-3H3. The molecule has 5 rings (SSSR count). The minimum Gasteiger partial charge on any atom is -0.497 e. The van der Waals surface area contributed by atoms with Crippen molar-refractivity contribution in [2.45, 2.75) is 45.6 Å². The van der Waals surface area contributed by atoms with Crippen LogP contribution in [0, 0.1) is 13.8 Å². The van der Waals surface area contributed by atoms with E-state index in [0.717, 1.165) is 59.0 Å². The summed E-state index contributed by atoms with van der Waals surface area (Å²) in [6.45, 7) is 6.32. The van der Waals surface area contributed by atoms with E-state index in [0.29, 0.717) is 19.6 Å². The zero-order chi connectivity index (χ0) is 25.1. The second-order valence-corrected chi connectivity index (χ2v) is 9.54. The number of hydrogen-bond acceptors (Lipinski definition) is 4. The Hall–Kier alpha value is -3.80. The lowest BCUT2D eigenvalue weighted by Crippen LogP contribution is -2.24. The Kier molecular flexibility index (Phi) is 6.94. The van der Waals surface area contributed by atoms with Crippen LogP contribution in [0.25, 0.3) is 11.0 Å². The van der Waals surface area contributed by atoms with E-state index < -0.39 is 0 Å². The molecule has 6 heteroatoms. The van der Waals surface area contributed by atoms with Gasteiger partial charge in [-0.15, -0.1) is 0 Å². The van der Waals surface area contributed by atoms with Gasteiger partial charge in [-0.3, -0.25) is 4.79 Å². The SMILES string of the molecule is COc1ccc(N2CC(c3nc4ccccc4n3CCCCOc3cc(C)ccc3C)CC2=O)cc1. The van der Waals surface area contributed by atoms with Crippen LogP contribution in [0.5, 0.6) is 11.5 Å². The van der Waals surface area contributed by atoms with Gasteiger partial charge in [-0.05, 0) is 80.3 Å². The highest BCUT2D eigenvalue weighted by Gasteiger charge is 2.34. The number of fused-ring (bicyclic) bond motifs is 1. The van der Waals surface area contributed by atoms with Crippen molar-refractivity contribution in [1.29, 1.82) is 0 Å². The van der Waals surface area contributed by atoms with Gasteiger partial charge in [0, 0.05) is 31.1 Å². The Morgan fingerprint density at radius 2 is 1.81 bits per heavy atom. The van der Waals surface area contributed by atoms with Crippen LogP contribution in [0.4, 0.5) is 5.69 Å². The summed E-state index contributed by atoms with van der Waals surface area (Å²) in [5.74, 6) is 2.93. The second kappa shape index (κ2) is 10.4. The largest absolute Gasteiger partial charge is 0.497 e. The maximum Gasteiger partial charge on any atom is 0.227 e. The normalized spacial score (nSPS) is 15.6. The molecule has 0 radical (unpaired) electrons. The van der Waals surface area contributed by atoms with Gasteiger partial charge in [0.2, 0.25) is 5.91 Å². The molecule has 186 valence electrons. The highest BCUT2D eigenvalue weighted by Crippen LogP contribution is 2.34. The lowest BCUT2D eigenvalue weighted by Gasteiger charge is -2.18. The summed E-state index contributed by atoms with van der Waals surface area (Å²) in [4.78, 5) is 19.8. The van der Waals surface area contributed by atoms with Crippen molar-refractivity contribution in [1.82, 2.24) is 9.55 Å². The zero-order valence-electron chi connectivity index (χ0n) is 21.2. The summed E-state index contributed by atoms with van der Waals surface area (Å²) in [5.41, 5.74) is 5.37. The minimum atomic E-state index is 0.0539. The molecule has 36 heavy (non-hydrogen) atoms. The van der Waals surface area contributed by atoms with Crippen LogP contribution in [0.2, 0.25) is 0 Å². The molecule has 1 aromatic heterocycles. The van der Waals surface area contributed by atoms with E-state index in [9.17, 15) is 4.79 Å². The van der Waals surface area contributed by atoms with E-state index in [-0.39, 0.29) is 11.8 Å². The van der Waals surface area contributed by atoms with E-state index in [1.54, 1.807) is 7.11 Å². The Morgan fingerprint density at radius 1 is 1.00 bits per heavy atom. The van der Waals surface area contributed by atoms with Crippen LogP contribution in [0.15, 0.2) is 66.7 Å². The molecule has 1 aliphatic heterocycles. The summed E-state index contributed by atoms with van der Waals surface area (Å²) in [6.07, 6.45) is 2.38. The van der Waals surface area contributed by atoms with Crippen LogP contribution < -0.4 is 14.4 Å². The predicted molar refractivity (Wildman–Crippen MR) is 143 cm³/mol. The molecular formula is C30H33N3O3. The quantitative estimate of drug-likeness (QED) is 0.272. The van der Waals surface area contributed by atoms with E-state index in [1.807, 2.05) is 35.2 Å². The van der Waals surface area contributed by atoms with E-state index in [1.165, 1.54) is 5.56 Å². The highest BCUT2D eigenvalue weighted by molar-refractivity contribution is 5.96. The number of hydrogen-bond donors (Lipinski definition) is 0. The average Bonchev–Trinajstić information content (AvgIpc) is 3.46. The molecule has 1 unspecified atom stereocenters. The Morgan fingerprint density at radius 3 is 2.61 bits per heavy atom. The number of aryl methyl sites for hydroxylation is 3. The molecule has 2 heterocycles. The zero-order valence-corrected chi connectivity index (χ0v) is 21.2. The van der Waals surface area contributed by atoms with Gasteiger partial charge in [-0.1, -0.05) is 24.3 Å². The maximum absolute atomic E-state index is 13.0.